The molecule has 0 amide bonds. The Morgan fingerprint density at radius 2 is 1.56 bits per heavy atom. The monoisotopic (exact) mass is 431 g/mol. The second-order valence-electron chi connectivity index (χ2n) is 7.38. The maximum absolute atomic E-state index is 4.78. The molecule has 6 rings (SSSR count). The lowest BCUT2D eigenvalue weighted by molar-refractivity contribution is 0.815. The summed E-state index contributed by atoms with van der Waals surface area (Å²) in [5.41, 5.74) is 5.57. The molecule has 0 saturated heterocycles. The van der Waals surface area contributed by atoms with Gasteiger partial charge in [0, 0.05) is 28.1 Å². The van der Waals surface area contributed by atoms with Crippen molar-refractivity contribution in [1.82, 2.24) is 25.0 Å². The van der Waals surface area contributed by atoms with Gasteiger partial charge in [0.1, 0.15) is 10.7 Å². The van der Waals surface area contributed by atoms with Crippen LogP contribution in [0.1, 0.15) is 0 Å². The molecule has 5 nitrogen and oxygen atoms in total. The second kappa shape index (κ2) is 7.83. The zero-order valence-electron chi connectivity index (χ0n) is 17.0. The van der Waals surface area contributed by atoms with E-state index >= 15 is 0 Å². The van der Waals surface area contributed by atoms with Gasteiger partial charge in [-0.05, 0) is 29.7 Å². The van der Waals surface area contributed by atoms with E-state index in [1.165, 1.54) is 5.39 Å². The Bertz CT molecular complexity index is 1530. The van der Waals surface area contributed by atoms with Crippen molar-refractivity contribution in [1.29, 1.82) is 0 Å². The molecule has 0 spiro atoms. The fraction of sp³-hybridized carbons (Fsp3) is 0. The maximum Gasteiger partial charge on any atom is 0.131 e. The zero-order chi connectivity index (χ0) is 21.3. The molecular weight excluding hydrogens is 414 g/mol. The SMILES string of the molecule is c1ccc(-c2cccc(-c3cn(-c4cc(-c5nccc6ccccc56)cs4)nn3)n2)cc1. The van der Waals surface area contributed by atoms with E-state index in [1.54, 1.807) is 16.0 Å². The van der Waals surface area contributed by atoms with Crippen molar-refractivity contribution in [2.45, 2.75) is 0 Å². The van der Waals surface area contributed by atoms with Crippen LogP contribution in [-0.4, -0.2) is 25.0 Å². The first kappa shape index (κ1) is 18.6. The van der Waals surface area contributed by atoms with Crippen LogP contribution in [0.2, 0.25) is 0 Å². The summed E-state index contributed by atoms with van der Waals surface area (Å²) < 4.78 is 1.80. The Morgan fingerprint density at radius 1 is 0.719 bits per heavy atom. The highest BCUT2D eigenvalue weighted by atomic mass is 32.1. The van der Waals surface area contributed by atoms with Crippen molar-refractivity contribution >= 4 is 22.1 Å². The van der Waals surface area contributed by atoms with Crippen molar-refractivity contribution < 1.29 is 0 Å². The van der Waals surface area contributed by atoms with Crippen molar-refractivity contribution in [2.24, 2.45) is 0 Å². The number of fused-ring (bicyclic) bond motifs is 1. The average Bonchev–Trinajstić information content (AvgIpc) is 3.55. The van der Waals surface area contributed by atoms with E-state index in [-0.39, 0.29) is 0 Å². The molecule has 6 aromatic rings. The predicted octanol–water partition coefficient (Wildman–Crippen LogP) is 6.27. The Hall–Kier alpha value is -4.16. The van der Waals surface area contributed by atoms with Gasteiger partial charge in [-0.2, -0.15) is 0 Å². The van der Waals surface area contributed by atoms with Gasteiger partial charge in [-0.1, -0.05) is 65.9 Å². The second-order valence-corrected chi connectivity index (χ2v) is 8.27. The van der Waals surface area contributed by atoms with E-state index in [0.717, 1.165) is 44.3 Å². The molecule has 0 unspecified atom stereocenters. The number of thiophene rings is 1. The molecule has 32 heavy (non-hydrogen) atoms. The molecule has 2 aromatic carbocycles. The van der Waals surface area contributed by atoms with Gasteiger partial charge in [0.05, 0.1) is 23.3 Å². The minimum atomic E-state index is 0.737. The number of hydrogen-bond acceptors (Lipinski definition) is 5. The molecule has 0 aliphatic rings. The van der Waals surface area contributed by atoms with Crippen LogP contribution in [0, 0.1) is 0 Å². The number of rotatable bonds is 4. The van der Waals surface area contributed by atoms with E-state index in [0.29, 0.717) is 0 Å². The fourth-order valence-electron chi connectivity index (χ4n) is 3.75. The van der Waals surface area contributed by atoms with E-state index in [2.05, 4.69) is 51.0 Å². The summed E-state index contributed by atoms with van der Waals surface area (Å²) in [6.45, 7) is 0. The Balaban J connectivity index is 1.33. The number of nitrogens with zero attached hydrogens (tertiary/aromatic N) is 5. The fourth-order valence-corrected chi connectivity index (χ4v) is 4.57. The lowest BCUT2D eigenvalue weighted by Crippen LogP contribution is -1.90. The predicted molar refractivity (Wildman–Crippen MR) is 129 cm³/mol. The smallest absolute Gasteiger partial charge is 0.131 e. The van der Waals surface area contributed by atoms with Gasteiger partial charge in [0.15, 0.2) is 0 Å². The lowest BCUT2D eigenvalue weighted by atomic mass is 10.1. The molecule has 0 bridgehead atoms. The number of pyridine rings is 2. The van der Waals surface area contributed by atoms with Gasteiger partial charge in [-0.25, -0.2) is 9.67 Å². The highest BCUT2D eigenvalue weighted by Crippen LogP contribution is 2.31. The van der Waals surface area contributed by atoms with E-state index in [1.807, 2.05) is 67.0 Å². The first-order valence-electron chi connectivity index (χ1n) is 10.2. The average molecular weight is 432 g/mol. The standard InChI is InChI=1S/C26H17N5S/c1-2-8-19(9-3-1)22-11-6-12-23(28-22)24-16-31(30-29-24)25-15-20(17-32-25)26-21-10-5-4-7-18(21)13-14-27-26/h1-17H. The van der Waals surface area contributed by atoms with Crippen molar-refractivity contribution in [3.8, 4) is 38.9 Å². The van der Waals surface area contributed by atoms with Gasteiger partial charge in [0.25, 0.3) is 0 Å². The van der Waals surface area contributed by atoms with Crippen LogP contribution in [0.5, 0.6) is 0 Å². The van der Waals surface area contributed by atoms with E-state index in [4.69, 9.17) is 4.98 Å². The lowest BCUT2D eigenvalue weighted by Gasteiger charge is -2.03. The largest absolute Gasteiger partial charge is 0.256 e. The minimum Gasteiger partial charge on any atom is -0.256 e. The third-order valence-corrected chi connectivity index (χ3v) is 6.25. The number of aromatic nitrogens is 5. The van der Waals surface area contributed by atoms with Crippen LogP contribution in [-0.2, 0) is 0 Å². The summed E-state index contributed by atoms with van der Waals surface area (Å²) in [5, 5.41) is 14.1. The van der Waals surface area contributed by atoms with Gasteiger partial charge >= 0.3 is 0 Å². The molecule has 0 fully saturated rings. The number of benzene rings is 2. The van der Waals surface area contributed by atoms with Crippen LogP contribution in [0.15, 0.2) is 103 Å². The Labute approximate surface area is 188 Å². The minimum absolute atomic E-state index is 0.737. The van der Waals surface area contributed by atoms with Crippen LogP contribution < -0.4 is 0 Å². The molecule has 4 heterocycles. The topological polar surface area (TPSA) is 56.5 Å². The molecule has 0 N–H and O–H groups in total. The summed E-state index contributed by atoms with van der Waals surface area (Å²) in [4.78, 5) is 9.41. The van der Waals surface area contributed by atoms with Crippen LogP contribution in [0.3, 0.4) is 0 Å². The molecule has 0 radical (unpaired) electrons. The molecule has 0 saturated carbocycles. The van der Waals surface area contributed by atoms with E-state index in [9.17, 15) is 0 Å². The first-order chi connectivity index (χ1) is 15.8. The normalized spacial score (nSPS) is 11.1. The highest BCUT2D eigenvalue weighted by Gasteiger charge is 2.12. The zero-order valence-corrected chi connectivity index (χ0v) is 17.8. The summed E-state index contributed by atoms with van der Waals surface area (Å²) in [5.74, 6) is 0. The summed E-state index contributed by atoms with van der Waals surface area (Å²) >= 11 is 1.61. The quantitative estimate of drug-likeness (QED) is 0.330. The van der Waals surface area contributed by atoms with Crippen molar-refractivity contribution in [3.05, 3.63) is 103 Å². The van der Waals surface area contributed by atoms with Crippen molar-refractivity contribution in [2.75, 3.05) is 0 Å². The molecule has 0 aliphatic heterocycles. The van der Waals surface area contributed by atoms with E-state index < -0.39 is 0 Å². The van der Waals surface area contributed by atoms with Crippen LogP contribution >= 0.6 is 11.3 Å². The first-order valence-corrected chi connectivity index (χ1v) is 11.1. The Morgan fingerprint density at radius 3 is 2.50 bits per heavy atom. The van der Waals surface area contributed by atoms with Crippen LogP contribution in [0.4, 0.5) is 0 Å². The molecule has 152 valence electrons. The van der Waals surface area contributed by atoms with Crippen LogP contribution in [0.25, 0.3) is 49.7 Å². The third kappa shape index (κ3) is 3.36. The number of hydrogen-bond donors (Lipinski definition) is 0. The molecule has 4 aromatic heterocycles. The summed E-state index contributed by atoms with van der Waals surface area (Å²) in [6, 6.07) is 28.5. The van der Waals surface area contributed by atoms with Gasteiger partial charge in [-0.15, -0.1) is 16.4 Å². The summed E-state index contributed by atoms with van der Waals surface area (Å²) in [7, 11) is 0. The summed E-state index contributed by atoms with van der Waals surface area (Å²) in [6.07, 6.45) is 3.78. The molecule has 0 aliphatic carbocycles. The molecular formula is C26H17N5S. The highest BCUT2D eigenvalue weighted by molar-refractivity contribution is 7.13. The third-order valence-electron chi connectivity index (χ3n) is 5.33. The Kier molecular flexibility index (Phi) is 4.55. The molecule has 6 heteroatoms. The molecule has 0 atom stereocenters. The van der Waals surface area contributed by atoms with Gasteiger partial charge in [-0.3, -0.25) is 4.98 Å². The maximum atomic E-state index is 4.78. The van der Waals surface area contributed by atoms with Crippen molar-refractivity contribution in [3.63, 3.8) is 0 Å². The van der Waals surface area contributed by atoms with Gasteiger partial charge < -0.3 is 0 Å². The van der Waals surface area contributed by atoms with Gasteiger partial charge in [0.2, 0.25) is 0 Å².